The number of aryl methyl sites for hydroxylation is 1. The van der Waals surface area contributed by atoms with E-state index in [2.05, 4.69) is 21.8 Å². The van der Waals surface area contributed by atoms with Crippen molar-refractivity contribution in [2.45, 2.75) is 43.3 Å². The standard InChI is InChI=1S/C22H25N3OS/c1-3-15-25-16-14-23-22(25)27-17(2)21(26)24-20(18-10-6-4-7-11-18)19-12-8-5-9-13-19/h4-14,16-17,20H,3,15H2,1-2H3,(H,24,26). The van der Waals surface area contributed by atoms with Gasteiger partial charge in [-0.2, -0.15) is 0 Å². The third kappa shape index (κ3) is 5.01. The van der Waals surface area contributed by atoms with Gasteiger partial charge in [0.25, 0.3) is 0 Å². The van der Waals surface area contributed by atoms with E-state index in [-0.39, 0.29) is 17.2 Å². The lowest BCUT2D eigenvalue weighted by Gasteiger charge is -2.22. The molecule has 2 aromatic carbocycles. The molecule has 0 aliphatic carbocycles. The summed E-state index contributed by atoms with van der Waals surface area (Å²) in [5.41, 5.74) is 2.14. The molecule has 0 fully saturated rings. The Labute approximate surface area is 165 Å². The number of amides is 1. The fourth-order valence-corrected chi connectivity index (χ4v) is 3.85. The third-order valence-corrected chi connectivity index (χ3v) is 5.46. The molecule has 3 aromatic rings. The van der Waals surface area contributed by atoms with E-state index < -0.39 is 0 Å². The second-order valence-electron chi connectivity index (χ2n) is 6.43. The molecule has 3 rings (SSSR count). The molecule has 0 bridgehead atoms. The maximum absolute atomic E-state index is 12.9. The number of carbonyl (C=O) groups excluding carboxylic acids is 1. The average Bonchev–Trinajstić information content (AvgIpc) is 3.14. The SMILES string of the molecule is CCCn1ccnc1SC(C)C(=O)NC(c1ccccc1)c1ccccc1. The summed E-state index contributed by atoms with van der Waals surface area (Å²) in [6.07, 6.45) is 4.79. The number of hydrogen-bond donors (Lipinski definition) is 1. The van der Waals surface area contributed by atoms with Crippen LogP contribution in [0.4, 0.5) is 0 Å². The van der Waals surface area contributed by atoms with Crippen LogP contribution in [0.1, 0.15) is 37.4 Å². The summed E-state index contributed by atoms with van der Waals surface area (Å²) in [7, 11) is 0. The largest absolute Gasteiger partial charge is 0.344 e. The summed E-state index contributed by atoms with van der Waals surface area (Å²) < 4.78 is 2.10. The third-order valence-electron chi connectivity index (χ3n) is 4.35. The molecule has 1 unspecified atom stereocenters. The normalized spacial score (nSPS) is 12.1. The Hall–Kier alpha value is -2.53. The van der Waals surface area contributed by atoms with Gasteiger partial charge in [0.1, 0.15) is 0 Å². The topological polar surface area (TPSA) is 46.9 Å². The lowest BCUT2D eigenvalue weighted by molar-refractivity contribution is -0.120. The van der Waals surface area contributed by atoms with Crippen LogP contribution in [0.2, 0.25) is 0 Å². The van der Waals surface area contributed by atoms with E-state index in [9.17, 15) is 4.79 Å². The molecule has 0 aliphatic rings. The number of carbonyl (C=O) groups is 1. The highest BCUT2D eigenvalue weighted by molar-refractivity contribution is 8.00. The van der Waals surface area contributed by atoms with Crippen LogP contribution < -0.4 is 5.32 Å². The molecule has 0 saturated heterocycles. The number of benzene rings is 2. The average molecular weight is 380 g/mol. The monoisotopic (exact) mass is 379 g/mol. The van der Waals surface area contributed by atoms with Gasteiger partial charge >= 0.3 is 0 Å². The molecule has 0 aliphatic heterocycles. The molecule has 1 heterocycles. The van der Waals surface area contributed by atoms with Crippen molar-refractivity contribution in [3.05, 3.63) is 84.2 Å². The number of thioether (sulfide) groups is 1. The van der Waals surface area contributed by atoms with Crippen molar-refractivity contribution in [1.29, 1.82) is 0 Å². The van der Waals surface area contributed by atoms with E-state index in [0.717, 1.165) is 29.2 Å². The van der Waals surface area contributed by atoms with Crippen molar-refractivity contribution in [3.8, 4) is 0 Å². The molecule has 4 nitrogen and oxygen atoms in total. The molecular weight excluding hydrogens is 354 g/mol. The zero-order chi connectivity index (χ0) is 19.1. The summed E-state index contributed by atoms with van der Waals surface area (Å²) in [4.78, 5) is 17.3. The van der Waals surface area contributed by atoms with Crippen LogP contribution in [-0.4, -0.2) is 20.7 Å². The van der Waals surface area contributed by atoms with Crippen LogP contribution in [0.5, 0.6) is 0 Å². The zero-order valence-corrected chi connectivity index (χ0v) is 16.5. The lowest BCUT2D eigenvalue weighted by Crippen LogP contribution is -2.35. The van der Waals surface area contributed by atoms with E-state index >= 15 is 0 Å². The Balaban J connectivity index is 1.75. The fourth-order valence-electron chi connectivity index (χ4n) is 2.95. The maximum atomic E-state index is 12.9. The van der Waals surface area contributed by atoms with Crippen molar-refractivity contribution in [1.82, 2.24) is 14.9 Å². The minimum atomic E-state index is -0.238. The Kier molecular flexibility index (Phi) is 6.71. The molecule has 0 saturated carbocycles. The predicted octanol–water partition coefficient (Wildman–Crippen LogP) is 4.68. The number of nitrogens with one attached hydrogen (secondary N) is 1. The molecule has 1 N–H and O–H groups in total. The van der Waals surface area contributed by atoms with Gasteiger partial charge in [0.2, 0.25) is 5.91 Å². The molecule has 1 amide bonds. The number of hydrogen-bond acceptors (Lipinski definition) is 3. The number of nitrogens with zero attached hydrogens (tertiary/aromatic N) is 2. The Morgan fingerprint density at radius 3 is 2.22 bits per heavy atom. The van der Waals surface area contributed by atoms with Crippen molar-refractivity contribution in [2.75, 3.05) is 0 Å². The molecule has 0 radical (unpaired) electrons. The van der Waals surface area contributed by atoms with Crippen LogP contribution in [-0.2, 0) is 11.3 Å². The summed E-state index contributed by atoms with van der Waals surface area (Å²) in [6, 6.07) is 20.0. The minimum absolute atomic E-state index is 0.00348. The molecule has 1 atom stereocenters. The predicted molar refractivity (Wildman–Crippen MR) is 111 cm³/mol. The van der Waals surface area contributed by atoms with Gasteiger partial charge in [0, 0.05) is 18.9 Å². The van der Waals surface area contributed by atoms with Gasteiger partial charge in [-0.1, -0.05) is 79.3 Å². The van der Waals surface area contributed by atoms with Gasteiger partial charge in [0.15, 0.2) is 5.16 Å². The smallest absolute Gasteiger partial charge is 0.234 e. The first kappa shape index (κ1) is 19.2. The van der Waals surface area contributed by atoms with Gasteiger partial charge in [-0.25, -0.2) is 4.98 Å². The highest BCUT2D eigenvalue weighted by Crippen LogP contribution is 2.25. The Morgan fingerprint density at radius 2 is 1.67 bits per heavy atom. The Bertz CT molecular complexity index is 809. The van der Waals surface area contributed by atoms with Crippen molar-refractivity contribution < 1.29 is 4.79 Å². The van der Waals surface area contributed by atoms with Gasteiger partial charge < -0.3 is 9.88 Å². The summed E-state index contributed by atoms with van der Waals surface area (Å²) in [6.45, 7) is 4.97. The molecule has 27 heavy (non-hydrogen) atoms. The number of imidazole rings is 1. The van der Waals surface area contributed by atoms with Gasteiger partial charge in [-0.15, -0.1) is 0 Å². The number of aromatic nitrogens is 2. The van der Waals surface area contributed by atoms with Crippen LogP contribution in [0.3, 0.4) is 0 Å². The first-order valence-electron chi connectivity index (χ1n) is 9.27. The van der Waals surface area contributed by atoms with E-state index in [4.69, 9.17) is 0 Å². The second kappa shape index (κ2) is 9.42. The molecule has 0 spiro atoms. The van der Waals surface area contributed by atoms with E-state index in [1.807, 2.05) is 73.8 Å². The minimum Gasteiger partial charge on any atom is -0.344 e. The van der Waals surface area contributed by atoms with Crippen molar-refractivity contribution in [2.24, 2.45) is 0 Å². The second-order valence-corrected chi connectivity index (χ2v) is 7.73. The van der Waals surface area contributed by atoms with Crippen LogP contribution in [0, 0.1) is 0 Å². The quantitative estimate of drug-likeness (QED) is 0.578. The molecule has 1 aromatic heterocycles. The molecule has 140 valence electrons. The van der Waals surface area contributed by atoms with Gasteiger partial charge in [-0.3, -0.25) is 4.79 Å². The van der Waals surface area contributed by atoms with Gasteiger partial charge in [-0.05, 0) is 24.5 Å². The van der Waals surface area contributed by atoms with Crippen molar-refractivity contribution in [3.63, 3.8) is 0 Å². The Morgan fingerprint density at radius 1 is 1.07 bits per heavy atom. The highest BCUT2D eigenvalue weighted by Gasteiger charge is 2.22. The lowest BCUT2D eigenvalue weighted by atomic mass is 9.98. The van der Waals surface area contributed by atoms with Crippen LogP contribution >= 0.6 is 11.8 Å². The summed E-state index contributed by atoms with van der Waals surface area (Å²) in [5.74, 6) is 0.00348. The zero-order valence-electron chi connectivity index (χ0n) is 15.7. The highest BCUT2D eigenvalue weighted by atomic mass is 32.2. The van der Waals surface area contributed by atoms with Crippen LogP contribution in [0.15, 0.2) is 78.2 Å². The van der Waals surface area contributed by atoms with E-state index in [0.29, 0.717) is 0 Å². The van der Waals surface area contributed by atoms with E-state index in [1.165, 1.54) is 11.8 Å². The first-order chi connectivity index (χ1) is 13.2. The number of rotatable bonds is 8. The maximum Gasteiger partial charge on any atom is 0.234 e. The molecule has 5 heteroatoms. The first-order valence-corrected chi connectivity index (χ1v) is 10.1. The van der Waals surface area contributed by atoms with E-state index in [1.54, 1.807) is 6.20 Å². The fraction of sp³-hybridized carbons (Fsp3) is 0.273. The van der Waals surface area contributed by atoms with Crippen LogP contribution in [0.25, 0.3) is 0 Å². The summed E-state index contributed by atoms with van der Waals surface area (Å²) in [5, 5.41) is 3.86. The van der Waals surface area contributed by atoms with Gasteiger partial charge in [0.05, 0.1) is 11.3 Å². The van der Waals surface area contributed by atoms with Crippen molar-refractivity contribution >= 4 is 17.7 Å². The molecular formula is C22H25N3OS. The summed E-state index contributed by atoms with van der Waals surface area (Å²) >= 11 is 1.50.